The number of rotatable bonds is 6. The van der Waals surface area contributed by atoms with Gasteiger partial charge in [-0.1, -0.05) is 30.3 Å². The van der Waals surface area contributed by atoms with Crippen molar-refractivity contribution in [1.82, 2.24) is 36.0 Å². The van der Waals surface area contributed by atoms with E-state index in [1.54, 1.807) is 24.4 Å². The summed E-state index contributed by atoms with van der Waals surface area (Å²) in [5.41, 5.74) is 2.41. The van der Waals surface area contributed by atoms with Crippen LogP contribution in [0.3, 0.4) is 0 Å². The molecule has 31 heavy (non-hydrogen) atoms. The molecular weight excluding hydrogens is 396 g/mol. The SMILES string of the molecule is C[C@@H](NC(=O)Nc1cc2[nH]nc(C(=O)NCc3cccnn3)c2cn1)c1ccccc1. The smallest absolute Gasteiger partial charge is 0.320 e. The molecule has 0 spiro atoms. The zero-order valence-electron chi connectivity index (χ0n) is 16.7. The maximum Gasteiger partial charge on any atom is 0.320 e. The quantitative estimate of drug-likeness (QED) is 0.381. The summed E-state index contributed by atoms with van der Waals surface area (Å²) < 4.78 is 0. The number of benzene rings is 1. The Morgan fingerprint density at radius 2 is 1.97 bits per heavy atom. The Balaban J connectivity index is 1.40. The second kappa shape index (κ2) is 8.99. The Morgan fingerprint density at radius 3 is 2.74 bits per heavy atom. The van der Waals surface area contributed by atoms with Crippen molar-refractivity contribution in [3.63, 3.8) is 0 Å². The molecule has 0 radical (unpaired) electrons. The predicted octanol–water partition coefficient (Wildman–Crippen LogP) is 2.56. The summed E-state index contributed by atoms with van der Waals surface area (Å²) >= 11 is 0. The Hall–Kier alpha value is -4.34. The molecule has 3 amide bonds. The number of urea groups is 1. The van der Waals surface area contributed by atoms with E-state index in [1.165, 1.54) is 6.20 Å². The lowest BCUT2D eigenvalue weighted by Crippen LogP contribution is -2.31. The zero-order chi connectivity index (χ0) is 21.6. The minimum atomic E-state index is -0.385. The number of nitrogens with one attached hydrogen (secondary N) is 4. The number of carbonyl (C=O) groups is 2. The van der Waals surface area contributed by atoms with Crippen LogP contribution in [-0.4, -0.2) is 37.3 Å². The van der Waals surface area contributed by atoms with Gasteiger partial charge in [0.15, 0.2) is 5.69 Å². The molecule has 4 rings (SSSR count). The van der Waals surface area contributed by atoms with Crippen molar-refractivity contribution < 1.29 is 9.59 Å². The van der Waals surface area contributed by atoms with Gasteiger partial charge in [-0.25, -0.2) is 9.78 Å². The lowest BCUT2D eigenvalue weighted by molar-refractivity contribution is 0.0947. The molecule has 0 aliphatic heterocycles. The molecule has 3 heterocycles. The first-order valence-electron chi connectivity index (χ1n) is 9.61. The minimum absolute atomic E-state index is 0.165. The summed E-state index contributed by atoms with van der Waals surface area (Å²) in [5.74, 6) is -0.0331. The number of pyridine rings is 1. The molecule has 0 fully saturated rings. The molecule has 3 aromatic heterocycles. The van der Waals surface area contributed by atoms with E-state index in [-0.39, 0.29) is 30.2 Å². The molecule has 1 atom stereocenters. The van der Waals surface area contributed by atoms with Gasteiger partial charge in [-0.3, -0.25) is 15.2 Å². The van der Waals surface area contributed by atoms with Crippen molar-refractivity contribution in [2.24, 2.45) is 0 Å². The number of anilines is 1. The number of aromatic nitrogens is 5. The fourth-order valence-corrected chi connectivity index (χ4v) is 3.01. The predicted molar refractivity (Wildman–Crippen MR) is 114 cm³/mol. The summed E-state index contributed by atoms with van der Waals surface area (Å²) in [6.07, 6.45) is 3.05. The molecular formula is C21H20N8O2. The third-order valence-electron chi connectivity index (χ3n) is 4.61. The lowest BCUT2D eigenvalue weighted by atomic mass is 10.1. The molecule has 4 N–H and O–H groups in total. The molecule has 0 saturated heterocycles. The van der Waals surface area contributed by atoms with E-state index in [0.29, 0.717) is 22.4 Å². The Labute approximate surface area is 177 Å². The van der Waals surface area contributed by atoms with E-state index < -0.39 is 0 Å². The first-order chi connectivity index (χ1) is 15.1. The van der Waals surface area contributed by atoms with Crippen LogP contribution in [0.15, 0.2) is 60.9 Å². The average molecular weight is 416 g/mol. The van der Waals surface area contributed by atoms with E-state index >= 15 is 0 Å². The number of hydrogen-bond acceptors (Lipinski definition) is 6. The van der Waals surface area contributed by atoms with Crippen LogP contribution in [0, 0.1) is 0 Å². The Morgan fingerprint density at radius 1 is 1.13 bits per heavy atom. The Kier molecular flexibility index (Phi) is 5.79. The first-order valence-corrected chi connectivity index (χ1v) is 9.61. The van der Waals surface area contributed by atoms with Gasteiger partial charge in [0.2, 0.25) is 0 Å². The van der Waals surface area contributed by atoms with E-state index in [4.69, 9.17) is 0 Å². The highest BCUT2D eigenvalue weighted by atomic mass is 16.2. The molecule has 0 aliphatic carbocycles. The summed E-state index contributed by atoms with van der Waals surface area (Å²) in [6.45, 7) is 2.13. The molecule has 10 nitrogen and oxygen atoms in total. The second-order valence-electron chi connectivity index (χ2n) is 6.82. The molecule has 156 valence electrons. The van der Waals surface area contributed by atoms with Gasteiger partial charge in [-0.05, 0) is 24.6 Å². The van der Waals surface area contributed by atoms with Crippen LogP contribution in [0.25, 0.3) is 10.9 Å². The van der Waals surface area contributed by atoms with Gasteiger partial charge >= 0.3 is 6.03 Å². The van der Waals surface area contributed by atoms with Gasteiger partial charge in [0.05, 0.1) is 29.2 Å². The van der Waals surface area contributed by atoms with Gasteiger partial charge in [0.25, 0.3) is 5.91 Å². The molecule has 4 aromatic rings. The molecule has 0 saturated carbocycles. The van der Waals surface area contributed by atoms with Crippen molar-refractivity contribution in [1.29, 1.82) is 0 Å². The molecule has 1 aromatic carbocycles. The zero-order valence-corrected chi connectivity index (χ0v) is 16.7. The second-order valence-corrected chi connectivity index (χ2v) is 6.82. The van der Waals surface area contributed by atoms with Crippen LogP contribution in [0.1, 0.15) is 34.7 Å². The summed E-state index contributed by atoms with van der Waals surface area (Å²) in [7, 11) is 0. The maximum absolute atomic E-state index is 12.5. The summed E-state index contributed by atoms with van der Waals surface area (Å²) in [4.78, 5) is 29.0. The number of hydrogen-bond donors (Lipinski definition) is 4. The highest BCUT2D eigenvalue weighted by Crippen LogP contribution is 2.18. The molecule has 0 bridgehead atoms. The summed E-state index contributed by atoms with van der Waals surface area (Å²) in [5, 5.41) is 23.4. The van der Waals surface area contributed by atoms with E-state index in [2.05, 4.69) is 41.3 Å². The van der Waals surface area contributed by atoms with E-state index in [9.17, 15) is 9.59 Å². The van der Waals surface area contributed by atoms with Crippen LogP contribution >= 0.6 is 0 Å². The minimum Gasteiger partial charge on any atom is -0.345 e. The van der Waals surface area contributed by atoms with Crippen LogP contribution in [0.5, 0.6) is 0 Å². The third-order valence-corrected chi connectivity index (χ3v) is 4.61. The summed E-state index contributed by atoms with van der Waals surface area (Å²) in [6, 6.07) is 14.2. The van der Waals surface area contributed by atoms with E-state index in [1.807, 2.05) is 37.3 Å². The maximum atomic E-state index is 12.5. The molecule has 0 aliphatic rings. The van der Waals surface area contributed by atoms with Gasteiger partial charge < -0.3 is 10.6 Å². The van der Waals surface area contributed by atoms with Crippen LogP contribution < -0.4 is 16.0 Å². The van der Waals surface area contributed by atoms with Crippen molar-refractivity contribution in [3.05, 3.63) is 77.9 Å². The topological polar surface area (TPSA) is 138 Å². The van der Waals surface area contributed by atoms with Crippen molar-refractivity contribution in [2.45, 2.75) is 19.5 Å². The number of carbonyl (C=O) groups excluding carboxylic acids is 2. The lowest BCUT2D eigenvalue weighted by Gasteiger charge is -2.14. The van der Waals surface area contributed by atoms with Crippen molar-refractivity contribution >= 4 is 28.7 Å². The van der Waals surface area contributed by atoms with Crippen molar-refractivity contribution in [3.8, 4) is 0 Å². The van der Waals surface area contributed by atoms with Gasteiger partial charge in [0, 0.05) is 18.5 Å². The normalized spacial score (nSPS) is 11.6. The van der Waals surface area contributed by atoms with Crippen LogP contribution in [0.4, 0.5) is 10.6 Å². The van der Waals surface area contributed by atoms with Gasteiger partial charge in [0.1, 0.15) is 5.82 Å². The van der Waals surface area contributed by atoms with Crippen LogP contribution in [0.2, 0.25) is 0 Å². The van der Waals surface area contributed by atoms with Crippen molar-refractivity contribution in [2.75, 3.05) is 5.32 Å². The Bertz CT molecular complexity index is 1190. The van der Waals surface area contributed by atoms with Gasteiger partial charge in [-0.2, -0.15) is 15.3 Å². The highest BCUT2D eigenvalue weighted by molar-refractivity contribution is 6.05. The number of nitrogens with zero attached hydrogens (tertiary/aromatic N) is 4. The third kappa shape index (κ3) is 4.81. The monoisotopic (exact) mass is 416 g/mol. The molecule has 10 heteroatoms. The fourth-order valence-electron chi connectivity index (χ4n) is 3.01. The number of aromatic amines is 1. The first kappa shape index (κ1) is 20.0. The number of H-pyrrole nitrogens is 1. The van der Waals surface area contributed by atoms with E-state index in [0.717, 1.165) is 5.56 Å². The fraction of sp³-hybridized carbons (Fsp3) is 0.143. The number of amides is 3. The number of fused-ring (bicyclic) bond motifs is 1. The highest BCUT2D eigenvalue weighted by Gasteiger charge is 2.16. The largest absolute Gasteiger partial charge is 0.345 e. The molecule has 0 unspecified atom stereocenters. The van der Waals surface area contributed by atoms with Crippen LogP contribution in [-0.2, 0) is 6.54 Å². The standard InChI is InChI=1S/C21H20N8O2/c1-13(14-6-3-2-4-7-14)25-21(31)26-18-10-17-16(12-22-18)19(29-28-17)20(30)23-11-15-8-5-9-24-27-15/h2-10,12-13H,11H2,1H3,(H,23,30)(H,28,29)(H2,22,25,26,31)/t13-/m1/s1. The van der Waals surface area contributed by atoms with Gasteiger partial charge in [-0.15, -0.1) is 0 Å². The average Bonchev–Trinajstić information content (AvgIpc) is 3.22.